The third kappa shape index (κ3) is 6.95. The first-order valence-electron chi connectivity index (χ1n) is 12.1. The Labute approximate surface area is 234 Å². The summed E-state index contributed by atoms with van der Waals surface area (Å²) in [6.45, 7) is 14.5. The lowest BCUT2D eigenvalue weighted by molar-refractivity contribution is 0.0759. The van der Waals surface area contributed by atoms with Crippen LogP contribution in [0.5, 0.6) is 0 Å². The Morgan fingerprint density at radius 2 is 1.84 bits per heavy atom. The summed E-state index contributed by atoms with van der Waals surface area (Å²) in [5, 5.41) is -1.01. The monoisotopic (exact) mass is 632 g/mol. The number of amidine groups is 1. The summed E-state index contributed by atoms with van der Waals surface area (Å²) >= 11 is 9.69. The third-order valence-corrected chi connectivity index (χ3v) is 14.4. The smallest absolute Gasteiger partial charge is 0.299 e. The maximum absolute atomic E-state index is 14.3. The zero-order chi connectivity index (χ0) is 27.8. The number of ether oxygens (including phenoxy) is 1. The number of sulfonamides is 1. The Kier molecular flexibility index (Phi) is 8.91. The quantitative estimate of drug-likeness (QED) is 0.320. The van der Waals surface area contributed by atoms with Crippen molar-refractivity contribution in [3.63, 3.8) is 0 Å². The molecule has 37 heavy (non-hydrogen) atoms. The highest BCUT2D eigenvalue weighted by molar-refractivity contribution is 9.10. The fourth-order valence-corrected chi connectivity index (χ4v) is 7.34. The zero-order valence-electron chi connectivity index (χ0n) is 22.2. The first-order valence-corrected chi connectivity index (χ1v) is 17.7. The third-order valence-electron chi connectivity index (χ3n) is 6.98. The van der Waals surface area contributed by atoms with Gasteiger partial charge in [-0.1, -0.05) is 72.6 Å². The Balaban J connectivity index is 1.95. The van der Waals surface area contributed by atoms with Gasteiger partial charge < -0.3 is 9.16 Å². The molecule has 1 N–H and O–H groups in total. The van der Waals surface area contributed by atoms with Gasteiger partial charge in [-0.25, -0.2) is 22.5 Å². The normalized spacial score (nSPS) is 21.2. The van der Waals surface area contributed by atoms with Crippen LogP contribution in [0.1, 0.15) is 63.5 Å². The first-order chi connectivity index (χ1) is 16.9. The molecular weight excluding hydrogens is 599 g/mol. The van der Waals surface area contributed by atoms with Crippen molar-refractivity contribution in [3.8, 4) is 0 Å². The maximum Gasteiger partial charge on any atom is 0.299 e. The van der Waals surface area contributed by atoms with Crippen molar-refractivity contribution in [2.24, 2.45) is 4.99 Å². The Bertz CT molecular complexity index is 1260. The van der Waals surface area contributed by atoms with Crippen LogP contribution in [0.25, 0.3) is 0 Å². The molecule has 2 atom stereocenters. The second-order valence-electron chi connectivity index (χ2n) is 11.3. The van der Waals surface area contributed by atoms with E-state index in [1.165, 1.54) is 6.07 Å². The average Bonchev–Trinajstić information content (AvgIpc) is 2.74. The topological polar surface area (TPSA) is 77.0 Å². The van der Waals surface area contributed by atoms with E-state index in [2.05, 4.69) is 59.5 Å². The lowest BCUT2D eigenvalue weighted by Gasteiger charge is -2.39. The van der Waals surface area contributed by atoms with Crippen LogP contribution in [0.4, 0.5) is 4.39 Å². The summed E-state index contributed by atoms with van der Waals surface area (Å²) in [6, 6.07) is 10.7. The van der Waals surface area contributed by atoms with Gasteiger partial charge in [0.2, 0.25) is 10.0 Å². The molecule has 0 saturated carbocycles. The molecule has 1 heterocycles. The van der Waals surface area contributed by atoms with Gasteiger partial charge in [-0.2, -0.15) is 0 Å². The average molecular weight is 634 g/mol. The molecule has 1 aliphatic rings. The van der Waals surface area contributed by atoms with Crippen LogP contribution in [0.3, 0.4) is 0 Å². The summed E-state index contributed by atoms with van der Waals surface area (Å²) in [6.07, 6.45) is 0.362. The molecule has 2 aromatic rings. The Morgan fingerprint density at radius 3 is 2.41 bits per heavy atom. The number of aliphatic imine (C=N–C) groups is 1. The number of nitrogens with zero attached hydrogens (tertiary/aromatic N) is 1. The molecule has 1 aliphatic heterocycles. The summed E-state index contributed by atoms with van der Waals surface area (Å²) in [5.41, 5.74) is -0.110. The van der Waals surface area contributed by atoms with Crippen LogP contribution in [0.15, 0.2) is 51.9 Å². The van der Waals surface area contributed by atoms with Crippen LogP contribution in [0.2, 0.25) is 23.2 Å². The van der Waals surface area contributed by atoms with Crippen molar-refractivity contribution in [2.75, 3.05) is 6.61 Å². The summed E-state index contributed by atoms with van der Waals surface area (Å²) in [5.74, 6) is -0.574. The molecule has 0 aromatic heterocycles. The van der Waals surface area contributed by atoms with Gasteiger partial charge in [0.25, 0.3) is 6.02 Å². The van der Waals surface area contributed by atoms with Crippen molar-refractivity contribution in [3.05, 3.63) is 68.9 Å². The molecule has 1 saturated heterocycles. The van der Waals surface area contributed by atoms with Crippen molar-refractivity contribution in [1.82, 2.24) is 4.72 Å². The highest BCUT2D eigenvalue weighted by atomic mass is 79.9. The number of rotatable bonds is 7. The minimum absolute atomic E-state index is 0.0130. The molecule has 0 amide bonds. The molecule has 0 bridgehead atoms. The van der Waals surface area contributed by atoms with Crippen LogP contribution < -0.4 is 4.72 Å². The van der Waals surface area contributed by atoms with Crippen molar-refractivity contribution in [1.29, 1.82) is 0 Å². The van der Waals surface area contributed by atoms with E-state index >= 15 is 0 Å². The van der Waals surface area contributed by atoms with Crippen molar-refractivity contribution < 1.29 is 22.0 Å². The predicted octanol–water partition coefficient (Wildman–Crippen LogP) is 7.52. The summed E-state index contributed by atoms with van der Waals surface area (Å²) in [4.78, 5) is 4.60. The predicted molar refractivity (Wildman–Crippen MR) is 153 cm³/mol. The number of halogens is 3. The fraction of sp³-hybridized carbons (Fsp3) is 0.500. The number of nitrogens with one attached hydrogen (secondary N) is 1. The van der Waals surface area contributed by atoms with Gasteiger partial charge in [0.05, 0.1) is 11.1 Å². The summed E-state index contributed by atoms with van der Waals surface area (Å²) in [7, 11) is -5.96. The van der Waals surface area contributed by atoms with Gasteiger partial charge in [0, 0.05) is 11.1 Å². The molecule has 3 rings (SSSR count). The van der Waals surface area contributed by atoms with Crippen LogP contribution in [-0.2, 0) is 19.2 Å². The Morgan fingerprint density at radius 1 is 1.22 bits per heavy atom. The van der Waals surface area contributed by atoms with Crippen molar-refractivity contribution >= 4 is 51.9 Å². The van der Waals surface area contributed by atoms with Gasteiger partial charge in [-0.3, -0.25) is 0 Å². The maximum atomic E-state index is 14.3. The molecule has 2 aromatic carbocycles. The van der Waals surface area contributed by atoms with E-state index in [4.69, 9.17) is 20.8 Å². The molecule has 0 radical (unpaired) electrons. The second kappa shape index (κ2) is 11.0. The van der Waals surface area contributed by atoms with Gasteiger partial charge in [-0.05, 0) is 67.7 Å². The molecule has 6 nitrogen and oxygen atoms in total. The van der Waals surface area contributed by atoms with Crippen LogP contribution >= 0.6 is 27.5 Å². The van der Waals surface area contributed by atoms with Crippen molar-refractivity contribution in [2.45, 2.75) is 76.1 Å². The number of benzene rings is 2. The van der Waals surface area contributed by atoms with E-state index in [-0.39, 0.29) is 16.1 Å². The number of hydrogen-bond acceptors (Lipinski definition) is 5. The van der Waals surface area contributed by atoms with Gasteiger partial charge in [0.1, 0.15) is 16.7 Å². The van der Waals surface area contributed by atoms with E-state index < -0.39 is 41.1 Å². The van der Waals surface area contributed by atoms with Crippen LogP contribution in [0, 0.1) is 5.82 Å². The Hall–Kier alpha value is -1.46. The molecule has 2 unspecified atom stereocenters. The second-order valence-corrected chi connectivity index (χ2v) is 19.1. The SMILES string of the molecule is CC1(C)OC(=NC(CCO[Si](C)(C)C(C)(C)C)c2cccc(F)c2Cl)NS(=O)(=O)C1c1ccc(Br)cc1. The van der Waals surface area contributed by atoms with E-state index in [9.17, 15) is 12.8 Å². The minimum Gasteiger partial charge on any atom is -0.457 e. The summed E-state index contributed by atoms with van der Waals surface area (Å²) < 4.78 is 56.9. The van der Waals surface area contributed by atoms with E-state index in [1.807, 2.05) is 0 Å². The van der Waals surface area contributed by atoms with Gasteiger partial charge in [0.15, 0.2) is 8.32 Å². The molecular formula is C26H35BrClFN2O4SSi. The first kappa shape index (κ1) is 30.1. The zero-order valence-corrected chi connectivity index (χ0v) is 26.4. The lowest BCUT2D eigenvalue weighted by atomic mass is 9.97. The fourth-order valence-electron chi connectivity index (χ4n) is 4.00. The molecule has 204 valence electrons. The lowest BCUT2D eigenvalue weighted by Crippen LogP contribution is -2.53. The molecule has 0 aliphatic carbocycles. The van der Waals surface area contributed by atoms with E-state index in [0.717, 1.165) is 4.47 Å². The van der Waals surface area contributed by atoms with Crippen LogP contribution in [-0.4, -0.2) is 35.0 Å². The highest BCUT2D eigenvalue weighted by Gasteiger charge is 2.48. The van der Waals surface area contributed by atoms with E-state index in [0.29, 0.717) is 24.2 Å². The highest BCUT2D eigenvalue weighted by Crippen LogP contribution is 2.40. The number of hydrogen-bond donors (Lipinski definition) is 1. The van der Waals surface area contributed by atoms with Gasteiger partial charge >= 0.3 is 0 Å². The van der Waals surface area contributed by atoms with Gasteiger partial charge in [-0.15, -0.1) is 0 Å². The largest absolute Gasteiger partial charge is 0.457 e. The standard InChI is InChI=1S/C26H35BrClFN2O4SSi/c1-25(2,3)37(6,7)34-16-15-21(19-9-8-10-20(29)22(19)28)30-24-31-36(32,33)23(26(4,5)35-24)17-11-13-18(27)14-12-17/h8-14,21,23H,15-16H2,1-7H3,(H,30,31). The molecule has 11 heteroatoms. The minimum atomic E-state index is -3.91. The molecule has 1 fully saturated rings. The van der Waals surface area contributed by atoms with E-state index in [1.54, 1.807) is 50.2 Å². The molecule has 0 spiro atoms.